The number of hydrogen-bond acceptors (Lipinski definition) is 6. The summed E-state index contributed by atoms with van der Waals surface area (Å²) in [6.07, 6.45) is 10.7. The zero-order chi connectivity index (χ0) is 14.3. The van der Waals surface area contributed by atoms with E-state index in [0.717, 1.165) is 29.9 Å². The van der Waals surface area contributed by atoms with Gasteiger partial charge in [0.15, 0.2) is 11.5 Å². The van der Waals surface area contributed by atoms with Crippen molar-refractivity contribution in [1.82, 2.24) is 20.2 Å². The molecule has 0 amide bonds. The van der Waals surface area contributed by atoms with Crippen LogP contribution in [-0.2, 0) is 0 Å². The monoisotopic (exact) mass is 284 g/mol. The van der Waals surface area contributed by atoms with Crippen LogP contribution in [0.4, 0.5) is 11.5 Å². The quantitative estimate of drug-likeness (QED) is 0.914. The van der Waals surface area contributed by atoms with E-state index in [0.29, 0.717) is 5.65 Å². The third-order valence-electron chi connectivity index (χ3n) is 4.68. The van der Waals surface area contributed by atoms with E-state index in [1.165, 1.54) is 38.4 Å². The molecule has 0 saturated heterocycles. The largest absolute Gasteiger partial charge is 0.359 e. The molecular weight excluding hydrogens is 264 g/mol. The fraction of sp³-hybridized carbons (Fsp3) is 0.600. The number of hydrogen-bond donors (Lipinski definition) is 1. The van der Waals surface area contributed by atoms with Gasteiger partial charge in [0.2, 0.25) is 0 Å². The maximum Gasteiger partial charge on any atom is 0.187 e. The first-order valence-corrected chi connectivity index (χ1v) is 7.86. The SMILES string of the molecule is CCCN1c2nnc3ncncc3c2NC12CCCCC2. The number of fused-ring (bicyclic) bond motifs is 3. The molecule has 1 aliphatic carbocycles. The van der Waals surface area contributed by atoms with Crippen molar-refractivity contribution in [2.45, 2.75) is 51.1 Å². The molecule has 3 heterocycles. The van der Waals surface area contributed by atoms with Gasteiger partial charge >= 0.3 is 0 Å². The number of anilines is 2. The zero-order valence-electron chi connectivity index (χ0n) is 12.3. The van der Waals surface area contributed by atoms with E-state index in [-0.39, 0.29) is 5.66 Å². The van der Waals surface area contributed by atoms with Crippen molar-refractivity contribution < 1.29 is 0 Å². The lowest BCUT2D eigenvalue weighted by Gasteiger charge is -2.42. The molecule has 0 unspecified atom stereocenters. The minimum absolute atomic E-state index is 0.0232. The van der Waals surface area contributed by atoms with Crippen LogP contribution in [-0.4, -0.2) is 32.4 Å². The highest BCUT2D eigenvalue weighted by Gasteiger charge is 2.45. The Bertz CT molecular complexity index is 664. The van der Waals surface area contributed by atoms with Crippen LogP contribution in [0.5, 0.6) is 0 Å². The van der Waals surface area contributed by atoms with Crippen LogP contribution < -0.4 is 10.2 Å². The first-order chi connectivity index (χ1) is 10.3. The van der Waals surface area contributed by atoms with Gasteiger partial charge in [-0.3, -0.25) is 0 Å². The van der Waals surface area contributed by atoms with Gasteiger partial charge in [0, 0.05) is 12.7 Å². The molecule has 4 rings (SSSR count). The van der Waals surface area contributed by atoms with E-state index in [2.05, 4.69) is 37.3 Å². The molecule has 21 heavy (non-hydrogen) atoms. The molecule has 2 aromatic heterocycles. The molecule has 6 nitrogen and oxygen atoms in total. The van der Waals surface area contributed by atoms with Gasteiger partial charge in [-0.1, -0.05) is 13.3 Å². The summed E-state index contributed by atoms with van der Waals surface area (Å²) in [4.78, 5) is 10.8. The van der Waals surface area contributed by atoms with Crippen molar-refractivity contribution in [3.8, 4) is 0 Å². The molecule has 0 bridgehead atoms. The third-order valence-corrected chi connectivity index (χ3v) is 4.68. The number of nitrogens with zero attached hydrogens (tertiary/aromatic N) is 5. The minimum Gasteiger partial charge on any atom is -0.359 e. The Labute approximate surface area is 124 Å². The second-order valence-electron chi connectivity index (χ2n) is 6.03. The van der Waals surface area contributed by atoms with Crippen LogP contribution in [0.2, 0.25) is 0 Å². The Kier molecular flexibility index (Phi) is 2.90. The predicted molar refractivity (Wildman–Crippen MR) is 82.2 cm³/mol. The smallest absolute Gasteiger partial charge is 0.187 e. The van der Waals surface area contributed by atoms with Gasteiger partial charge < -0.3 is 10.2 Å². The number of rotatable bonds is 2. The second-order valence-corrected chi connectivity index (χ2v) is 6.03. The van der Waals surface area contributed by atoms with Crippen molar-refractivity contribution >= 4 is 22.5 Å². The molecule has 6 heteroatoms. The summed E-state index contributed by atoms with van der Waals surface area (Å²) in [5.74, 6) is 0.973. The Hall–Kier alpha value is -1.98. The lowest BCUT2D eigenvalue weighted by atomic mass is 9.88. The fourth-order valence-corrected chi connectivity index (χ4v) is 3.73. The van der Waals surface area contributed by atoms with Gasteiger partial charge in [-0.25, -0.2) is 9.97 Å². The first kappa shape index (κ1) is 12.7. The summed E-state index contributed by atoms with van der Waals surface area (Å²) in [6, 6.07) is 0. The summed E-state index contributed by atoms with van der Waals surface area (Å²) in [5, 5.41) is 13.5. The summed E-state index contributed by atoms with van der Waals surface area (Å²) in [6.45, 7) is 3.22. The van der Waals surface area contributed by atoms with E-state index in [1.54, 1.807) is 0 Å². The van der Waals surface area contributed by atoms with E-state index in [4.69, 9.17) is 0 Å². The van der Waals surface area contributed by atoms with Gasteiger partial charge in [0.1, 0.15) is 12.0 Å². The molecule has 1 spiro atoms. The molecule has 1 saturated carbocycles. The Morgan fingerprint density at radius 3 is 2.90 bits per heavy atom. The maximum atomic E-state index is 4.46. The van der Waals surface area contributed by atoms with E-state index in [1.807, 2.05) is 6.20 Å². The Morgan fingerprint density at radius 1 is 1.24 bits per heavy atom. The van der Waals surface area contributed by atoms with Gasteiger partial charge in [-0.05, 0) is 32.1 Å². The molecule has 2 aromatic rings. The van der Waals surface area contributed by atoms with Gasteiger partial charge in [-0.2, -0.15) is 0 Å². The van der Waals surface area contributed by atoms with Crippen LogP contribution in [0.1, 0.15) is 45.4 Å². The molecular formula is C15H20N6. The fourth-order valence-electron chi connectivity index (χ4n) is 3.73. The van der Waals surface area contributed by atoms with Crippen molar-refractivity contribution in [1.29, 1.82) is 0 Å². The van der Waals surface area contributed by atoms with E-state index < -0.39 is 0 Å². The number of nitrogens with one attached hydrogen (secondary N) is 1. The van der Waals surface area contributed by atoms with Gasteiger partial charge in [0.25, 0.3) is 0 Å². The van der Waals surface area contributed by atoms with E-state index in [9.17, 15) is 0 Å². The molecule has 0 atom stereocenters. The average molecular weight is 284 g/mol. The van der Waals surface area contributed by atoms with Crippen molar-refractivity contribution in [2.75, 3.05) is 16.8 Å². The van der Waals surface area contributed by atoms with Crippen LogP contribution >= 0.6 is 0 Å². The van der Waals surface area contributed by atoms with Crippen LogP contribution in [0.25, 0.3) is 11.0 Å². The topological polar surface area (TPSA) is 66.8 Å². The number of aromatic nitrogens is 4. The van der Waals surface area contributed by atoms with Gasteiger partial charge in [-0.15, -0.1) is 10.2 Å². The molecule has 1 N–H and O–H groups in total. The minimum atomic E-state index is 0.0232. The normalized spacial score (nSPS) is 19.8. The standard InChI is InChI=1S/C15H20N6/c1-2-8-21-14-12(18-15(21)6-4-3-5-7-15)11-9-16-10-17-13(11)19-20-14/h9-10,18H,2-8H2,1H3. The molecule has 1 fully saturated rings. The molecule has 1 aliphatic heterocycles. The second kappa shape index (κ2) is 4.79. The molecule has 0 radical (unpaired) electrons. The Morgan fingerprint density at radius 2 is 2.10 bits per heavy atom. The maximum absolute atomic E-state index is 4.46. The van der Waals surface area contributed by atoms with Gasteiger partial charge in [0.05, 0.1) is 11.1 Å². The lowest BCUT2D eigenvalue weighted by Crippen LogP contribution is -2.52. The highest BCUT2D eigenvalue weighted by molar-refractivity contribution is 5.96. The first-order valence-electron chi connectivity index (χ1n) is 7.86. The summed E-state index contributed by atoms with van der Waals surface area (Å²) < 4.78 is 0. The predicted octanol–water partition coefficient (Wildman–Crippen LogP) is 2.72. The van der Waals surface area contributed by atoms with Crippen molar-refractivity contribution in [3.63, 3.8) is 0 Å². The molecule has 0 aromatic carbocycles. The Balaban J connectivity index is 1.86. The molecule has 110 valence electrons. The molecule has 2 aliphatic rings. The summed E-state index contributed by atoms with van der Waals surface area (Å²) >= 11 is 0. The average Bonchev–Trinajstić information content (AvgIpc) is 2.82. The highest BCUT2D eigenvalue weighted by atomic mass is 15.4. The van der Waals surface area contributed by atoms with Crippen molar-refractivity contribution in [2.24, 2.45) is 0 Å². The van der Waals surface area contributed by atoms with Crippen molar-refractivity contribution in [3.05, 3.63) is 12.5 Å². The summed E-state index contributed by atoms with van der Waals surface area (Å²) in [5.41, 5.74) is 1.76. The highest BCUT2D eigenvalue weighted by Crippen LogP contribution is 2.47. The zero-order valence-corrected chi connectivity index (χ0v) is 12.3. The van der Waals surface area contributed by atoms with Crippen LogP contribution in [0.15, 0.2) is 12.5 Å². The summed E-state index contributed by atoms with van der Waals surface area (Å²) in [7, 11) is 0. The lowest BCUT2D eigenvalue weighted by molar-refractivity contribution is 0.316. The van der Waals surface area contributed by atoms with Crippen LogP contribution in [0, 0.1) is 0 Å². The van der Waals surface area contributed by atoms with E-state index >= 15 is 0 Å². The third kappa shape index (κ3) is 1.85. The van der Waals surface area contributed by atoms with Crippen LogP contribution in [0.3, 0.4) is 0 Å².